The minimum Gasteiger partial charge on any atom is -0.337 e. The van der Waals surface area contributed by atoms with Crippen molar-refractivity contribution in [2.45, 2.75) is 26.8 Å². The summed E-state index contributed by atoms with van der Waals surface area (Å²) in [4.78, 5) is 13.6. The second-order valence-corrected chi connectivity index (χ2v) is 4.64. The number of amides is 1. The Hall–Kier alpha value is -1.57. The van der Waals surface area contributed by atoms with Crippen molar-refractivity contribution in [1.82, 2.24) is 4.90 Å². The molecular weight excluding hydrogens is 198 g/mol. The fourth-order valence-electron chi connectivity index (χ4n) is 1.94. The summed E-state index contributed by atoms with van der Waals surface area (Å²) >= 11 is 0. The van der Waals surface area contributed by atoms with Crippen LogP contribution in [0.25, 0.3) is 0 Å². The summed E-state index contributed by atoms with van der Waals surface area (Å²) < 4.78 is 0. The smallest absolute Gasteiger partial charge is 0.254 e. The molecule has 2 rings (SSSR count). The third-order valence-electron chi connectivity index (χ3n) is 2.90. The van der Waals surface area contributed by atoms with Crippen molar-refractivity contribution in [3.05, 3.63) is 46.5 Å². The Morgan fingerprint density at radius 1 is 1.44 bits per heavy atom. The van der Waals surface area contributed by atoms with Crippen molar-refractivity contribution in [2.75, 3.05) is 7.05 Å². The quantitative estimate of drug-likeness (QED) is 0.695. The van der Waals surface area contributed by atoms with Gasteiger partial charge in [-0.1, -0.05) is 23.8 Å². The third-order valence-corrected chi connectivity index (χ3v) is 2.90. The highest BCUT2D eigenvalue weighted by molar-refractivity contribution is 5.98. The summed E-state index contributed by atoms with van der Waals surface area (Å²) in [6.45, 7) is 4.93. The molecule has 0 unspecified atom stereocenters. The molecule has 0 bridgehead atoms. The average molecular weight is 215 g/mol. The number of nitrogens with zero attached hydrogens (tertiary/aromatic N) is 1. The molecule has 0 atom stereocenters. The number of fused-ring (bicyclic) bond motifs is 1. The second-order valence-electron chi connectivity index (χ2n) is 4.64. The minimum atomic E-state index is 0.147. The van der Waals surface area contributed by atoms with Gasteiger partial charge in [-0.2, -0.15) is 0 Å². The van der Waals surface area contributed by atoms with Gasteiger partial charge < -0.3 is 4.90 Å². The first-order valence-electron chi connectivity index (χ1n) is 5.58. The molecule has 0 saturated heterocycles. The molecule has 0 fully saturated rings. The standard InChI is InChI=1S/C14H17NO/c1-10(2)4-5-11-6-7-12-9-15(3)14(16)13(12)8-11/h4,6-8H,5,9H2,1-3H3. The lowest BCUT2D eigenvalue weighted by Gasteiger charge is -2.04. The van der Waals surface area contributed by atoms with Crippen molar-refractivity contribution in [2.24, 2.45) is 0 Å². The molecule has 2 heteroatoms. The molecule has 0 aromatic heterocycles. The average Bonchev–Trinajstić information content (AvgIpc) is 2.52. The number of allylic oxidation sites excluding steroid dienone is 2. The maximum absolute atomic E-state index is 11.8. The summed E-state index contributed by atoms with van der Waals surface area (Å²) in [5.74, 6) is 0.147. The molecule has 1 amide bonds. The molecule has 0 saturated carbocycles. The number of rotatable bonds is 2. The molecule has 0 spiro atoms. The van der Waals surface area contributed by atoms with Gasteiger partial charge in [-0.25, -0.2) is 0 Å². The van der Waals surface area contributed by atoms with Crippen LogP contribution in [0, 0.1) is 0 Å². The van der Waals surface area contributed by atoms with E-state index in [-0.39, 0.29) is 5.91 Å². The van der Waals surface area contributed by atoms with Crippen molar-refractivity contribution in [3.63, 3.8) is 0 Å². The van der Waals surface area contributed by atoms with E-state index in [1.54, 1.807) is 4.90 Å². The predicted molar refractivity (Wildman–Crippen MR) is 65.4 cm³/mol. The SMILES string of the molecule is CC(C)=CCc1ccc2c(c1)C(=O)N(C)C2. The van der Waals surface area contributed by atoms with E-state index in [1.165, 1.54) is 11.1 Å². The normalized spacial score (nSPS) is 13.9. The van der Waals surface area contributed by atoms with Crippen LogP contribution in [0.3, 0.4) is 0 Å². The first-order chi connectivity index (χ1) is 7.58. The molecule has 1 aromatic rings. The Morgan fingerprint density at radius 2 is 2.19 bits per heavy atom. The number of hydrogen-bond donors (Lipinski definition) is 0. The molecule has 1 aromatic carbocycles. The molecular formula is C14H17NO. The molecule has 1 heterocycles. The first-order valence-corrected chi connectivity index (χ1v) is 5.58. The highest BCUT2D eigenvalue weighted by atomic mass is 16.2. The lowest BCUT2D eigenvalue weighted by atomic mass is 10.0. The Morgan fingerprint density at radius 3 is 2.88 bits per heavy atom. The van der Waals surface area contributed by atoms with Gasteiger partial charge in [0.05, 0.1) is 0 Å². The van der Waals surface area contributed by atoms with Gasteiger partial charge >= 0.3 is 0 Å². The van der Waals surface area contributed by atoms with Gasteiger partial charge in [-0.3, -0.25) is 4.79 Å². The zero-order valence-corrected chi connectivity index (χ0v) is 10.1. The Balaban J connectivity index is 2.27. The molecule has 16 heavy (non-hydrogen) atoms. The topological polar surface area (TPSA) is 20.3 Å². The largest absolute Gasteiger partial charge is 0.337 e. The fourth-order valence-corrected chi connectivity index (χ4v) is 1.94. The van der Waals surface area contributed by atoms with Crippen LogP contribution in [-0.4, -0.2) is 17.9 Å². The second kappa shape index (κ2) is 4.12. The summed E-state index contributed by atoms with van der Waals surface area (Å²) in [5, 5.41) is 0. The van der Waals surface area contributed by atoms with E-state index in [0.29, 0.717) is 0 Å². The van der Waals surface area contributed by atoms with Crippen LogP contribution in [0.2, 0.25) is 0 Å². The zero-order valence-electron chi connectivity index (χ0n) is 10.1. The lowest BCUT2D eigenvalue weighted by Crippen LogP contribution is -2.17. The van der Waals surface area contributed by atoms with Gasteiger partial charge in [0.1, 0.15) is 0 Å². The van der Waals surface area contributed by atoms with E-state index in [9.17, 15) is 4.79 Å². The van der Waals surface area contributed by atoms with Crippen LogP contribution in [0.15, 0.2) is 29.8 Å². The predicted octanol–water partition coefficient (Wildman–Crippen LogP) is 2.78. The highest BCUT2D eigenvalue weighted by Gasteiger charge is 2.23. The van der Waals surface area contributed by atoms with Crippen molar-refractivity contribution >= 4 is 5.91 Å². The van der Waals surface area contributed by atoms with Gasteiger partial charge in [0.2, 0.25) is 0 Å². The Bertz CT molecular complexity index is 456. The van der Waals surface area contributed by atoms with Crippen LogP contribution in [0.4, 0.5) is 0 Å². The zero-order chi connectivity index (χ0) is 11.7. The molecule has 1 aliphatic rings. The lowest BCUT2D eigenvalue weighted by molar-refractivity contribution is 0.0816. The van der Waals surface area contributed by atoms with Crippen LogP contribution < -0.4 is 0 Å². The molecule has 1 aliphatic heterocycles. The number of carbonyl (C=O) groups is 1. The van der Waals surface area contributed by atoms with E-state index in [2.05, 4.69) is 32.1 Å². The van der Waals surface area contributed by atoms with E-state index >= 15 is 0 Å². The summed E-state index contributed by atoms with van der Waals surface area (Å²) in [6, 6.07) is 6.22. The molecule has 0 N–H and O–H groups in total. The third kappa shape index (κ3) is 2.01. The molecule has 2 nitrogen and oxygen atoms in total. The molecule has 0 aliphatic carbocycles. The maximum atomic E-state index is 11.8. The highest BCUT2D eigenvalue weighted by Crippen LogP contribution is 2.22. The fraction of sp³-hybridized carbons (Fsp3) is 0.357. The van der Waals surface area contributed by atoms with Gasteiger partial charge in [-0.15, -0.1) is 0 Å². The summed E-state index contributed by atoms with van der Waals surface area (Å²) in [7, 11) is 1.85. The summed E-state index contributed by atoms with van der Waals surface area (Å²) in [6.07, 6.45) is 3.09. The van der Waals surface area contributed by atoms with E-state index in [4.69, 9.17) is 0 Å². The van der Waals surface area contributed by atoms with Crippen LogP contribution in [0.5, 0.6) is 0 Å². The van der Waals surface area contributed by atoms with Crippen LogP contribution >= 0.6 is 0 Å². The van der Waals surface area contributed by atoms with Crippen molar-refractivity contribution < 1.29 is 4.79 Å². The molecule has 0 radical (unpaired) electrons. The number of hydrogen-bond acceptors (Lipinski definition) is 1. The number of carbonyl (C=O) groups excluding carboxylic acids is 1. The minimum absolute atomic E-state index is 0.147. The van der Waals surface area contributed by atoms with Gasteiger partial charge in [0, 0.05) is 19.2 Å². The monoisotopic (exact) mass is 215 g/mol. The maximum Gasteiger partial charge on any atom is 0.254 e. The van der Waals surface area contributed by atoms with E-state index in [1.807, 2.05) is 13.1 Å². The van der Waals surface area contributed by atoms with Crippen molar-refractivity contribution in [1.29, 1.82) is 0 Å². The molecule has 84 valence electrons. The summed E-state index contributed by atoms with van der Waals surface area (Å²) in [5.41, 5.74) is 4.54. The van der Waals surface area contributed by atoms with Crippen LogP contribution in [-0.2, 0) is 13.0 Å². The van der Waals surface area contributed by atoms with E-state index in [0.717, 1.165) is 24.1 Å². The van der Waals surface area contributed by atoms with Gasteiger partial charge in [0.15, 0.2) is 0 Å². The van der Waals surface area contributed by atoms with Gasteiger partial charge in [-0.05, 0) is 37.5 Å². The Kier molecular flexibility index (Phi) is 2.82. The Labute approximate surface area is 96.6 Å². The van der Waals surface area contributed by atoms with Crippen molar-refractivity contribution in [3.8, 4) is 0 Å². The van der Waals surface area contributed by atoms with E-state index < -0.39 is 0 Å². The first kappa shape index (κ1) is 10.9. The number of benzene rings is 1. The van der Waals surface area contributed by atoms with Crippen LogP contribution in [0.1, 0.15) is 35.3 Å². The van der Waals surface area contributed by atoms with Gasteiger partial charge in [0.25, 0.3) is 5.91 Å².